The Labute approximate surface area is 55.5 Å². The maximum absolute atomic E-state index is 10.8. The molecule has 1 aromatic rings. The van der Waals surface area contributed by atoms with Gasteiger partial charge in [0.15, 0.2) is 5.30 Å². The second-order valence-electron chi connectivity index (χ2n) is 1.83. The van der Waals surface area contributed by atoms with E-state index in [1.54, 1.807) is 6.66 Å². The lowest BCUT2D eigenvalue weighted by atomic mass is 10.4. The van der Waals surface area contributed by atoms with Crippen molar-refractivity contribution in [3.63, 3.8) is 0 Å². The predicted molar refractivity (Wildman–Crippen MR) is 39.6 cm³/mol. The third-order valence-electron chi connectivity index (χ3n) is 1.12. The van der Waals surface area contributed by atoms with E-state index in [1.807, 2.05) is 30.3 Å². The number of benzene rings is 1. The highest BCUT2D eigenvalue weighted by molar-refractivity contribution is 7.52. The van der Waals surface area contributed by atoms with Crippen molar-refractivity contribution in [1.82, 2.24) is 0 Å². The molecule has 1 rings (SSSR count). The Morgan fingerprint density at radius 3 is 2.11 bits per heavy atom. The van der Waals surface area contributed by atoms with Crippen LogP contribution in [0.1, 0.15) is 0 Å². The van der Waals surface area contributed by atoms with Crippen molar-refractivity contribution in [3.05, 3.63) is 30.3 Å². The quantitative estimate of drug-likeness (QED) is 0.542. The number of hydrogen-bond donors (Lipinski definition) is 0. The van der Waals surface area contributed by atoms with Gasteiger partial charge in [-0.15, -0.1) is 0 Å². The fourth-order valence-corrected chi connectivity index (χ4v) is 1.23. The Balaban J connectivity index is 2.98. The molecule has 0 aliphatic heterocycles. The SMILES string of the molecule is C[P+](=O)c1ccccc1. The van der Waals surface area contributed by atoms with Crippen LogP contribution in [0.15, 0.2) is 30.3 Å². The molecule has 1 nitrogen and oxygen atoms in total. The van der Waals surface area contributed by atoms with Crippen molar-refractivity contribution in [1.29, 1.82) is 0 Å². The van der Waals surface area contributed by atoms with E-state index in [9.17, 15) is 4.57 Å². The van der Waals surface area contributed by atoms with E-state index in [2.05, 4.69) is 0 Å². The van der Waals surface area contributed by atoms with Gasteiger partial charge in [0, 0.05) is 0 Å². The van der Waals surface area contributed by atoms with E-state index < -0.39 is 7.80 Å². The molecule has 0 aliphatic carbocycles. The second-order valence-corrected chi connectivity index (χ2v) is 3.34. The maximum Gasteiger partial charge on any atom is 0.373 e. The van der Waals surface area contributed by atoms with Crippen molar-refractivity contribution in [3.8, 4) is 0 Å². The molecular formula is C7H8OP+. The van der Waals surface area contributed by atoms with Crippen LogP contribution in [-0.2, 0) is 4.57 Å². The first-order chi connectivity index (χ1) is 4.30. The fourth-order valence-electron chi connectivity index (χ4n) is 0.638. The average molecular weight is 139 g/mol. The standard InChI is InChI=1S/C7H8OP/c1-9(8)7-5-3-2-4-6-7/h2-6H,1H3/q+1. The first-order valence-corrected chi connectivity index (χ1v) is 4.47. The molecule has 1 aromatic carbocycles. The summed E-state index contributed by atoms with van der Waals surface area (Å²) in [5, 5.41) is 0.924. The highest BCUT2D eigenvalue weighted by Crippen LogP contribution is 2.11. The van der Waals surface area contributed by atoms with Crippen LogP contribution in [-0.4, -0.2) is 6.66 Å². The molecule has 1 atom stereocenters. The number of hydrogen-bond acceptors (Lipinski definition) is 1. The van der Waals surface area contributed by atoms with Gasteiger partial charge in [0.2, 0.25) is 0 Å². The Kier molecular flexibility index (Phi) is 1.96. The first-order valence-electron chi connectivity index (χ1n) is 2.76. The third kappa shape index (κ3) is 1.62. The summed E-state index contributed by atoms with van der Waals surface area (Å²) < 4.78 is 10.8. The summed E-state index contributed by atoms with van der Waals surface area (Å²) in [6.07, 6.45) is 0. The minimum absolute atomic E-state index is 0.924. The van der Waals surface area contributed by atoms with Gasteiger partial charge in [-0.25, -0.2) is 0 Å². The van der Waals surface area contributed by atoms with Crippen LogP contribution in [0.3, 0.4) is 0 Å². The zero-order valence-electron chi connectivity index (χ0n) is 5.24. The van der Waals surface area contributed by atoms with Crippen molar-refractivity contribution in [2.24, 2.45) is 0 Å². The van der Waals surface area contributed by atoms with Crippen LogP contribution in [0.5, 0.6) is 0 Å². The molecule has 0 amide bonds. The summed E-state index contributed by atoms with van der Waals surface area (Å²) in [6, 6.07) is 9.46. The van der Waals surface area contributed by atoms with Gasteiger partial charge in [-0.2, -0.15) is 0 Å². The van der Waals surface area contributed by atoms with Crippen molar-refractivity contribution in [2.75, 3.05) is 6.66 Å². The highest BCUT2D eigenvalue weighted by Gasteiger charge is 2.07. The minimum Gasteiger partial charge on any atom is -0.0684 e. The smallest absolute Gasteiger partial charge is 0.0684 e. The molecule has 0 saturated heterocycles. The molecule has 0 saturated carbocycles. The van der Waals surface area contributed by atoms with Crippen molar-refractivity contribution in [2.45, 2.75) is 0 Å². The Hall–Kier alpha value is -0.680. The van der Waals surface area contributed by atoms with Crippen LogP contribution >= 0.6 is 7.80 Å². The van der Waals surface area contributed by atoms with Crippen molar-refractivity contribution >= 4 is 13.1 Å². The van der Waals surface area contributed by atoms with Gasteiger partial charge in [-0.1, -0.05) is 22.8 Å². The van der Waals surface area contributed by atoms with Crippen LogP contribution in [0.25, 0.3) is 0 Å². The molecule has 0 bridgehead atoms. The summed E-state index contributed by atoms with van der Waals surface area (Å²) in [7, 11) is -1.15. The topological polar surface area (TPSA) is 17.1 Å². The van der Waals surface area contributed by atoms with Crippen LogP contribution in [0, 0.1) is 0 Å². The molecule has 0 heterocycles. The van der Waals surface area contributed by atoms with Crippen LogP contribution < -0.4 is 5.30 Å². The molecule has 46 valence electrons. The number of rotatable bonds is 1. The molecule has 0 aliphatic rings. The molecule has 0 aromatic heterocycles. The van der Waals surface area contributed by atoms with E-state index in [0.717, 1.165) is 5.30 Å². The normalized spacial score (nSPS) is 11.0. The minimum atomic E-state index is -1.15. The third-order valence-corrected chi connectivity index (χ3v) is 2.15. The Morgan fingerprint density at radius 1 is 1.22 bits per heavy atom. The molecule has 2 heteroatoms. The Bertz CT molecular complexity index is 205. The fraction of sp³-hybridized carbons (Fsp3) is 0.143. The van der Waals surface area contributed by atoms with E-state index >= 15 is 0 Å². The van der Waals surface area contributed by atoms with E-state index in [4.69, 9.17) is 0 Å². The summed E-state index contributed by atoms with van der Waals surface area (Å²) in [4.78, 5) is 0. The van der Waals surface area contributed by atoms with Gasteiger partial charge in [0.05, 0.1) is 0 Å². The molecule has 0 N–H and O–H groups in total. The lowest BCUT2D eigenvalue weighted by Gasteiger charge is -1.79. The summed E-state index contributed by atoms with van der Waals surface area (Å²) >= 11 is 0. The lowest BCUT2D eigenvalue weighted by molar-refractivity contribution is 0.596. The van der Waals surface area contributed by atoms with Gasteiger partial charge < -0.3 is 0 Å². The van der Waals surface area contributed by atoms with Gasteiger partial charge in [0.1, 0.15) is 6.66 Å². The molecule has 9 heavy (non-hydrogen) atoms. The lowest BCUT2D eigenvalue weighted by Crippen LogP contribution is -1.91. The van der Waals surface area contributed by atoms with Crippen LogP contribution in [0.2, 0.25) is 0 Å². The molecule has 0 radical (unpaired) electrons. The predicted octanol–water partition coefficient (Wildman–Crippen LogP) is 1.77. The summed E-state index contributed by atoms with van der Waals surface area (Å²) in [6.45, 7) is 1.71. The highest BCUT2D eigenvalue weighted by atomic mass is 31.1. The molecule has 1 unspecified atom stereocenters. The van der Waals surface area contributed by atoms with Gasteiger partial charge in [-0.3, -0.25) is 0 Å². The van der Waals surface area contributed by atoms with Gasteiger partial charge >= 0.3 is 7.80 Å². The van der Waals surface area contributed by atoms with Crippen molar-refractivity contribution < 1.29 is 4.57 Å². The van der Waals surface area contributed by atoms with Crippen LogP contribution in [0.4, 0.5) is 0 Å². The molecule has 0 fully saturated rings. The molecule has 0 spiro atoms. The van der Waals surface area contributed by atoms with Gasteiger partial charge in [0.25, 0.3) is 0 Å². The zero-order valence-corrected chi connectivity index (χ0v) is 6.14. The second kappa shape index (κ2) is 2.75. The summed E-state index contributed by atoms with van der Waals surface area (Å²) in [5.41, 5.74) is 0. The van der Waals surface area contributed by atoms with E-state index in [0.29, 0.717) is 0 Å². The first kappa shape index (κ1) is 6.44. The van der Waals surface area contributed by atoms with E-state index in [-0.39, 0.29) is 0 Å². The summed E-state index contributed by atoms with van der Waals surface area (Å²) in [5.74, 6) is 0. The zero-order chi connectivity index (χ0) is 6.69. The van der Waals surface area contributed by atoms with Gasteiger partial charge in [-0.05, 0) is 12.1 Å². The molecular weight excluding hydrogens is 131 g/mol. The monoisotopic (exact) mass is 139 g/mol. The average Bonchev–Trinajstić information content (AvgIpc) is 1.90. The largest absolute Gasteiger partial charge is 0.373 e. The van der Waals surface area contributed by atoms with E-state index in [1.165, 1.54) is 0 Å². The Morgan fingerprint density at radius 2 is 1.78 bits per heavy atom. The maximum atomic E-state index is 10.8.